The third kappa shape index (κ3) is 6.24. The molecular weight excluding hydrogens is 567 g/mol. The molecule has 2 saturated heterocycles. The summed E-state index contributed by atoms with van der Waals surface area (Å²) in [5, 5.41) is 19.3. The predicted octanol–water partition coefficient (Wildman–Crippen LogP) is 6.73. The number of hydrogen-bond donors (Lipinski definition) is 4. The number of nitrogens with one attached hydrogen (secondary N) is 4. The molecule has 2 fully saturated rings. The normalized spacial score (nSPS) is 16.8. The molecule has 0 spiro atoms. The van der Waals surface area contributed by atoms with E-state index in [1.54, 1.807) is 18.2 Å². The van der Waals surface area contributed by atoms with E-state index < -0.39 is 0 Å². The van der Waals surface area contributed by atoms with Crippen LogP contribution in [0, 0.1) is 0 Å². The van der Waals surface area contributed by atoms with Crippen molar-refractivity contribution < 1.29 is 9.53 Å². The van der Waals surface area contributed by atoms with E-state index in [1.807, 2.05) is 18.2 Å². The average Bonchev–Trinajstić information content (AvgIpc) is 3.37. The van der Waals surface area contributed by atoms with Crippen molar-refractivity contribution in [1.82, 2.24) is 20.5 Å². The lowest BCUT2D eigenvalue weighted by Crippen LogP contribution is -2.29. The highest BCUT2D eigenvalue weighted by Crippen LogP contribution is 2.36. The van der Waals surface area contributed by atoms with Crippen molar-refractivity contribution in [1.29, 1.82) is 0 Å². The van der Waals surface area contributed by atoms with Crippen molar-refractivity contribution >= 4 is 63.4 Å². The van der Waals surface area contributed by atoms with Crippen molar-refractivity contribution in [3.63, 3.8) is 0 Å². The summed E-state index contributed by atoms with van der Waals surface area (Å²) in [6.07, 6.45) is 4.00. The molecule has 4 heterocycles. The molecule has 0 bridgehead atoms. The number of amides is 1. The van der Waals surface area contributed by atoms with Gasteiger partial charge in [-0.3, -0.25) is 9.89 Å². The number of pyridine rings is 1. The maximum absolute atomic E-state index is 13.7. The van der Waals surface area contributed by atoms with E-state index in [9.17, 15) is 4.79 Å². The largest absolute Gasteiger partial charge is 0.381 e. The van der Waals surface area contributed by atoms with Crippen LogP contribution < -0.4 is 16.0 Å². The van der Waals surface area contributed by atoms with Crippen LogP contribution in [0.2, 0.25) is 10.0 Å². The van der Waals surface area contributed by atoms with Crippen LogP contribution in [0.4, 0.5) is 11.5 Å². The Bertz CT molecular complexity index is 1520. The van der Waals surface area contributed by atoms with E-state index in [0.29, 0.717) is 37.9 Å². The molecule has 0 atom stereocenters. The van der Waals surface area contributed by atoms with Crippen LogP contribution >= 0.6 is 35.0 Å². The van der Waals surface area contributed by atoms with Crippen molar-refractivity contribution in [3.8, 4) is 0 Å². The van der Waals surface area contributed by atoms with E-state index in [-0.39, 0.29) is 11.9 Å². The van der Waals surface area contributed by atoms with E-state index in [1.165, 1.54) is 17.3 Å². The monoisotopic (exact) mass is 596 g/mol. The zero-order chi connectivity index (χ0) is 27.5. The van der Waals surface area contributed by atoms with Gasteiger partial charge in [0.15, 0.2) is 5.82 Å². The summed E-state index contributed by atoms with van der Waals surface area (Å²) in [5.74, 6) is 0.619. The second-order valence-corrected chi connectivity index (χ2v) is 12.0. The van der Waals surface area contributed by atoms with Crippen LogP contribution in [0.5, 0.6) is 0 Å². The molecule has 2 aliphatic rings. The molecule has 4 aromatic rings. The molecule has 0 radical (unpaired) electrons. The predicted molar refractivity (Wildman–Crippen MR) is 161 cm³/mol. The Balaban J connectivity index is 1.26. The van der Waals surface area contributed by atoms with Crippen LogP contribution in [0.25, 0.3) is 11.0 Å². The third-order valence-corrected chi connectivity index (χ3v) is 9.07. The highest BCUT2D eigenvalue weighted by Gasteiger charge is 2.22. The minimum absolute atomic E-state index is 0.238. The third-order valence-electron chi connectivity index (χ3n) is 7.40. The van der Waals surface area contributed by atoms with Gasteiger partial charge in [0.2, 0.25) is 0 Å². The lowest BCUT2D eigenvalue weighted by molar-refractivity contribution is 0.0904. The molecule has 6 rings (SSSR count). The molecule has 0 aliphatic carbocycles. The van der Waals surface area contributed by atoms with Crippen molar-refractivity contribution in [2.75, 3.05) is 36.9 Å². The summed E-state index contributed by atoms with van der Waals surface area (Å²) >= 11 is 13.9. The van der Waals surface area contributed by atoms with Gasteiger partial charge in [-0.15, -0.1) is 0 Å². The fraction of sp³-hybridized carbons (Fsp3) is 0.345. The van der Waals surface area contributed by atoms with Gasteiger partial charge in [-0.05, 0) is 92.7 Å². The summed E-state index contributed by atoms with van der Waals surface area (Å²) in [4.78, 5) is 19.2. The summed E-state index contributed by atoms with van der Waals surface area (Å²) in [6, 6.07) is 15.5. The van der Waals surface area contributed by atoms with Crippen molar-refractivity contribution in [2.45, 2.75) is 47.6 Å². The fourth-order valence-electron chi connectivity index (χ4n) is 5.22. The van der Waals surface area contributed by atoms with Gasteiger partial charge in [0.25, 0.3) is 5.91 Å². The highest BCUT2D eigenvalue weighted by atomic mass is 35.5. The summed E-state index contributed by atoms with van der Waals surface area (Å²) in [6.45, 7) is 3.47. The van der Waals surface area contributed by atoms with Gasteiger partial charge >= 0.3 is 0 Å². The van der Waals surface area contributed by atoms with Gasteiger partial charge in [-0.25, -0.2) is 4.98 Å². The first-order valence-corrected chi connectivity index (χ1v) is 15.1. The molecule has 2 aromatic carbocycles. The molecule has 0 unspecified atom stereocenters. The maximum atomic E-state index is 13.7. The molecule has 1 amide bonds. The number of piperidine rings is 1. The van der Waals surface area contributed by atoms with Gasteiger partial charge in [0.1, 0.15) is 10.5 Å². The molecule has 40 heavy (non-hydrogen) atoms. The standard InChI is InChI=1S/C29H30Cl2N6O2S/c30-19-2-4-22(31)25(16-19)40-26-6-5-23-27(34-26)28(37-36-23)35-29(38)21-3-1-18(17-7-11-32-12-8-17)15-24(21)33-20-9-13-39-14-10-20/h1-6,15-17,20,32-33H,7-14H2,(H2,35,36,37,38). The average molecular weight is 598 g/mol. The first-order valence-electron chi connectivity index (χ1n) is 13.5. The maximum Gasteiger partial charge on any atom is 0.259 e. The topological polar surface area (TPSA) is 104 Å². The summed E-state index contributed by atoms with van der Waals surface area (Å²) in [7, 11) is 0. The Hall–Kier alpha value is -2.82. The number of aromatic amines is 1. The van der Waals surface area contributed by atoms with Gasteiger partial charge in [-0.1, -0.05) is 41.0 Å². The SMILES string of the molecule is O=C(Nc1n[nH]c2ccc(Sc3cc(Cl)ccc3Cl)nc12)c1ccc(C2CCNCC2)cc1NC1CCOCC1. The lowest BCUT2D eigenvalue weighted by Gasteiger charge is -2.27. The smallest absolute Gasteiger partial charge is 0.259 e. The number of fused-ring (bicyclic) bond motifs is 1. The molecule has 0 saturated carbocycles. The van der Waals surface area contributed by atoms with E-state index in [4.69, 9.17) is 32.9 Å². The van der Waals surface area contributed by atoms with Crippen molar-refractivity contribution in [3.05, 3.63) is 69.7 Å². The minimum atomic E-state index is -0.238. The van der Waals surface area contributed by atoms with E-state index in [0.717, 1.165) is 68.1 Å². The number of nitrogens with zero attached hydrogens (tertiary/aromatic N) is 2. The fourth-order valence-corrected chi connectivity index (χ4v) is 6.54. The summed E-state index contributed by atoms with van der Waals surface area (Å²) < 4.78 is 5.54. The zero-order valence-corrected chi connectivity index (χ0v) is 24.1. The Morgan fingerprint density at radius 2 is 1.82 bits per heavy atom. The number of anilines is 2. The molecule has 2 aliphatic heterocycles. The molecule has 11 heteroatoms. The second kappa shape index (κ2) is 12.4. The lowest BCUT2D eigenvalue weighted by atomic mass is 9.89. The first kappa shape index (κ1) is 27.4. The van der Waals surface area contributed by atoms with Gasteiger partial charge in [-0.2, -0.15) is 5.10 Å². The number of H-pyrrole nitrogens is 1. The van der Waals surface area contributed by atoms with E-state index in [2.05, 4.69) is 38.3 Å². The van der Waals surface area contributed by atoms with Gasteiger partial charge in [0.05, 0.1) is 16.1 Å². The van der Waals surface area contributed by atoms with Crippen LogP contribution in [-0.2, 0) is 4.74 Å². The highest BCUT2D eigenvalue weighted by molar-refractivity contribution is 7.99. The first-order chi connectivity index (χ1) is 19.5. The van der Waals surface area contributed by atoms with Gasteiger partial charge in [0, 0.05) is 34.9 Å². The van der Waals surface area contributed by atoms with Crippen LogP contribution in [0.15, 0.2) is 58.5 Å². The number of ether oxygens (including phenoxy) is 1. The van der Waals surface area contributed by atoms with Crippen molar-refractivity contribution in [2.24, 2.45) is 0 Å². The van der Waals surface area contributed by atoms with Gasteiger partial charge < -0.3 is 20.7 Å². The number of rotatable bonds is 7. The molecule has 4 N–H and O–H groups in total. The summed E-state index contributed by atoms with van der Waals surface area (Å²) in [5.41, 5.74) is 3.98. The zero-order valence-electron chi connectivity index (χ0n) is 21.8. The molecule has 2 aromatic heterocycles. The Kier molecular flexibility index (Phi) is 8.46. The Morgan fingerprint density at radius 3 is 2.65 bits per heavy atom. The quantitative estimate of drug-likeness (QED) is 0.187. The number of hydrogen-bond acceptors (Lipinski definition) is 7. The Morgan fingerprint density at radius 1 is 1.00 bits per heavy atom. The molecular formula is C29H30Cl2N6O2S. The van der Waals surface area contributed by atoms with Crippen LogP contribution in [0.3, 0.4) is 0 Å². The molecule has 208 valence electrons. The number of aromatic nitrogens is 3. The number of carbonyl (C=O) groups excluding carboxylic acids is 1. The number of halogens is 2. The molecule has 8 nitrogen and oxygen atoms in total. The van der Waals surface area contributed by atoms with Crippen LogP contribution in [-0.4, -0.2) is 53.4 Å². The Labute approximate surface area is 247 Å². The van der Waals surface area contributed by atoms with E-state index >= 15 is 0 Å². The van der Waals surface area contributed by atoms with Crippen LogP contribution in [0.1, 0.15) is 47.5 Å². The number of carbonyl (C=O) groups is 1. The number of benzene rings is 2. The second-order valence-electron chi connectivity index (χ2n) is 10.1. The minimum Gasteiger partial charge on any atom is -0.381 e.